The minimum absolute atomic E-state index is 0.138. The van der Waals surface area contributed by atoms with Crippen LogP contribution in [0.25, 0.3) is 0 Å². The van der Waals surface area contributed by atoms with Crippen LogP contribution in [0.4, 0.5) is 5.82 Å². The van der Waals surface area contributed by atoms with Crippen LogP contribution >= 0.6 is 0 Å². The van der Waals surface area contributed by atoms with Gasteiger partial charge in [0.25, 0.3) is 0 Å². The second-order valence-corrected chi connectivity index (χ2v) is 7.05. The number of piperidine rings is 1. The molecule has 7 nitrogen and oxygen atoms in total. The Hall–Kier alpha value is -2.41. The lowest BCUT2D eigenvalue weighted by Crippen LogP contribution is -2.39. The van der Waals surface area contributed by atoms with Gasteiger partial charge in [-0.25, -0.2) is 9.97 Å². The number of nitrogens with zero attached hydrogens (tertiary/aromatic N) is 3. The van der Waals surface area contributed by atoms with Crippen molar-refractivity contribution in [3.8, 4) is 5.75 Å². The zero-order valence-corrected chi connectivity index (χ0v) is 15.0. The van der Waals surface area contributed by atoms with Gasteiger partial charge in [-0.15, -0.1) is 0 Å². The molecule has 1 saturated heterocycles. The molecule has 2 aromatic rings. The Labute approximate surface area is 152 Å². The molecule has 4 rings (SSSR count). The largest absolute Gasteiger partial charge is 0.490 e. The fourth-order valence-electron chi connectivity index (χ4n) is 3.33. The first-order valence-electron chi connectivity index (χ1n) is 9.19. The molecule has 0 atom stereocenters. The fraction of sp³-hybridized carbons (Fsp3) is 0.526. The van der Waals surface area contributed by atoms with Crippen LogP contribution in [0.2, 0.25) is 0 Å². The molecule has 0 radical (unpaired) electrons. The molecule has 3 heterocycles. The number of ether oxygens (including phenoxy) is 1. The van der Waals surface area contributed by atoms with Crippen molar-refractivity contribution in [1.29, 1.82) is 0 Å². The Balaban J connectivity index is 1.29. The summed E-state index contributed by atoms with van der Waals surface area (Å²) in [6.07, 6.45) is 7.72. The minimum atomic E-state index is -0.138. The lowest BCUT2D eigenvalue weighted by atomic mass is 10.0. The molecule has 138 valence electrons. The quantitative estimate of drug-likeness (QED) is 0.851. The number of nitrogens with one attached hydrogen (secondary N) is 1. The molecular weight excluding hydrogens is 332 g/mol. The van der Waals surface area contributed by atoms with E-state index in [4.69, 9.17) is 9.15 Å². The number of methoxy groups -OCH3 is 1. The molecule has 1 aliphatic carbocycles. The lowest BCUT2D eigenvalue weighted by molar-refractivity contribution is 0.194. The van der Waals surface area contributed by atoms with Crippen molar-refractivity contribution in [1.82, 2.24) is 14.9 Å². The summed E-state index contributed by atoms with van der Waals surface area (Å²) < 4.78 is 10.4. The van der Waals surface area contributed by atoms with Gasteiger partial charge < -0.3 is 14.5 Å². The van der Waals surface area contributed by atoms with E-state index < -0.39 is 0 Å². The lowest BCUT2D eigenvalue weighted by Gasteiger charge is -2.32. The van der Waals surface area contributed by atoms with E-state index in [-0.39, 0.29) is 11.2 Å². The van der Waals surface area contributed by atoms with Crippen LogP contribution in [-0.4, -0.2) is 41.1 Å². The highest BCUT2D eigenvalue weighted by Crippen LogP contribution is 2.38. The van der Waals surface area contributed by atoms with Gasteiger partial charge in [-0.05, 0) is 31.7 Å². The van der Waals surface area contributed by atoms with Gasteiger partial charge in [-0.1, -0.05) is 0 Å². The average Bonchev–Trinajstić information content (AvgIpc) is 3.49. The van der Waals surface area contributed by atoms with Crippen LogP contribution in [-0.2, 0) is 6.54 Å². The number of hydrogen-bond acceptors (Lipinski definition) is 7. The van der Waals surface area contributed by atoms with E-state index in [2.05, 4.69) is 20.2 Å². The first kappa shape index (κ1) is 17.0. The summed E-state index contributed by atoms with van der Waals surface area (Å²) in [4.78, 5) is 23.1. The van der Waals surface area contributed by atoms with E-state index in [9.17, 15) is 4.79 Å². The Morgan fingerprint density at radius 2 is 2.12 bits per heavy atom. The topological polar surface area (TPSA) is 80.5 Å². The third-order valence-electron chi connectivity index (χ3n) is 5.01. The third kappa shape index (κ3) is 4.04. The number of hydrogen-bond donors (Lipinski definition) is 1. The van der Waals surface area contributed by atoms with Gasteiger partial charge in [0, 0.05) is 37.3 Å². The predicted octanol–water partition coefficient (Wildman–Crippen LogP) is 2.39. The first-order valence-corrected chi connectivity index (χ1v) is 9.19. The van der Waals surface area contributed by atoms with Crippen LogP contribution in [0.3, 0.4) is 0 Å². The van der Waals surface area contributed by atoms with Crippen molar-refractivity contribution in [3.05, 3.63) is 46.4 Å². The maximum atomic E-state index is 11.8. The third-order valence-corrected chi connectivity index (χ3v) is 5.01. The number of likely N-dealkylation sites (tertiary alicyclic amines) is 1. The highest BCUT2D eigenvalue weighted by molar-refractivity contribution is 5.35. The standard InChI is InChI=1S/C19H24N4O3/c1-25-17-12-26-15(10-16(17)24)11-23-8-5-14(6-9-23)21-18-4-7-20-19(22-18)13-2-3-13/h4,7,10,12-14H,2-3,5-6,8-9,11H2,1H3,(H,20,21,22). The van der Waals surface area contributed by atoms with Gasteiger partial charge in [0.15, 0.2) is 0 Å². The maximum Gasteiger partial charge on any atom is 0.227 e. The van der Waals surface area contributed by atoms with E-state index in [1.807, 2.05) is 12.3 Å². The zero-order valence-electron chi connectivity index (χ0n) is 15.0. The summed E-state index contributed by atoms with van der Waals surface area (Å²) >= 11 is 0. The molecule has 2 aromatic heterocycles. The molecule has 0 bridgehead atoms. The molecule has 1 aliphatic heterocycles. The van der Waals surface area contributed by atoms with Crippen LogP contribution in [0.1, 0.15) is 43.2 Å². The number of anilines is 1. The molecule has 2 fully saturated rings. The number of aromatic nitrogens is 2. The van der Waals surface area contributed by atoms with E-state index in [1.54, 1.807) is 0 Å². The monoisotopic (exact) mass is 356 g/mol. The van der Waals surface area contributed by atoms with Crippen molar-refractivity contribution in [3.63, 3.8) is 0 Å². The molecule has 2 aliphatic rings. The highest BCUT2D eigenvalue weighted by Gasteiger charge is 2.27. The van der Waals surface area contributed by atoms with Crippen molar-refractivity contribution >= 4 is 5.82 Å². The van der Waals surface area contributed by atoms with Gasteiger partial charge >= 0.3 is 0 Å². The summed E-state index contributed by atoms with van der Waals surface area (Å²) in [5.74, 6) is 3.39. The number of rotatable bonds is 6. The molecule has 0 spiro atoms. The Kier molecular flexibility index (Phi) is 4.88. The van der Waals surface area contributed by atoms with E-state index >= 15 is 0 Å². The molecule has 26 heavy (non-hydrogen) atoms. The van der Waals surface area contributed by atoms with Crippen LogP contribution in [0.5, 0.6) is 5.75 Å². The summed E-state index contributed by atoms with van der Waals surface area (Å²) in [5.41, 5.74) is -0.138. The Bertz CT molecular complexity index is 810. The highest BCUT2D eigenvalue weighted by atomic mass is 16.5. The first-order chi connectivity index (χ1) is 12.7. The average molecular weight is 356 g/mol. The Morgan fingerprint density at radius 1 is 1.31 bits per heavy atom. The van der Waals surface area contributed by atoms with Crippen LogP contribution in [0, 0.1) is 0 Å². The van der Waals surface area contributed by atoms with Gasteiger partial charge in [-0.3, -0.25) is 9.69 Å². The molecule has 1 N–H and O–H groups in total. The smallest absolute Gasteiger partial charge is 0.227 e. The second kappa shape index (κ2) is 7.45. The molecule has 0 unspecified atom stereocenters. The van der Waals surface area contributed by atoms with Crippen molar-refractivity contribution in [2.45, 2.75) is 44.2 Å². The predicted molar refractivity (Wildman–Crippen MR) is 97.5 cm³/mol. The van der Waals surface area contributed by atoms with Crippen LogP contribution in [0.15, 0.2) is 33.8 Å². The molecule has 0 aromatic carbocycles. The second-order valence-electron chi connectivity index (χ2n) is 7.05. The minimum Gasteiger partial charge on any atom is -0.490 e. The molecule has 1 saturated carbocycles. The van der Waals surface area contributed by atoms with Gasteiger partial charge in [0.05, 0.1) is 13.7 Å². The summed E-state index contributed by atoms with van der Waals surface area (Å²) in [7, 11) is 1.47. The van der Waals surface area contributed by atoms with Gasteiger partial charge in [0.2, 0.25) is 11.2 Å². The Morgan fingerprint density at radius 3 is 2.81 bits per heavy atom. The fourth-order valence-corrected chi connectivity index (χ4v) is 3.33. The normalized spacial score (nSPS) is 18.7. The van der Waals surface area contributed by atoms with E-state index in [0.717, 1.165) is 37.6 Å². The molecular formula is C19H24N4O3. The molecule has 7 heteroatoms. The van der Waals surface area contributed by atoms with Crippen LogP contribution < -0.4 is 15.5 Å². The zero-order chi connectivity index (χ0) is 17.9. The van der Waals surface area contributed by atoms with E-state index in [0.29, 0.717) is 24.3 Å². The van der Waals surface area contributed by atoms with E-state index in [1.165, 1.54) is 32.3 Å². The van der Waals surface area contributed by atoms with Gasteiger partial charge in [-0.2, -0.15) is 0 Å². The summed E-state index contributed by atoms with van der Waals surface area (Å²) in [6.45, 7) is 2.55. The summed E-state index contributed by atoms with van der Waals surface area (Å²) in [5, 5.41) is 3.54. The van der Waals surface area contributed by atoms with Crippen molar-refractivity contribution in [2.75, 3.05) is 25.5 Å². The van der Waals surface area contributed by atoms with Crippen molar-refractivity contribution in [2.24, 2.45) is 0 Å². The SMILES string of the molecule is COc1coc(CN2CCC(Nc3ccnc(C4CC4)n3)CC2)cc1=O. The molecule has 0 amide bonds. The van der Waals surface area contributed by atoms with Gasteiger partial charge in [0.1, 0.15) is 23.7 Å². The maximum absolute atomic E-state index is 11.8. The van der Waals surface area contributed by atoms with Crippen molar-refractivity contribution < 1.29 is 9.15 Å². The summed E-state index contributed by atoms with van der Waals surface area (Å²) in [6, 6.07) is 3.88.